The van der Waals surface area contributed by atoms with Crippen molar-refractivity contribution in [2.45, 2.75) is 6.54 Å². The summed E-state index contributed by atoms with van der Waals surface area (Å²) in [4.78, 5) is 27.5. The van der Waals surface area contributed by atoms with E-state index in [2.05, 4.69) is 0 Å². The summed E-state index contributed by atoms with van der Waals surface area (Å²) in [7, 11) is -0.958. The number of amides is 3. The summed E-state index contributed by atoms with van der Waals surface area (Å²) in [5.41, 5.74) is 2.55. The van der Waals surface area contributed by atoms with E-state index in [1.807, 2.05) is 5.43 Å². The lowest BCUT2D eigenvalue weighted by atomic mass is 10.1. The molecule has 0 aliphatic carbocycles. The molecule has 29 heavy (non-hydrogen) atoms. The molecule has 3 rings (SSSR count). The Labute approximate surface area is 168 Å². The van der Waals surface area contributed by atoms with Crippen molar-refractivity contribution in [3.63, 3.8) is 0 Å². The first-order chi connectivity index (χ1) is 13.9. The Hall–Kier alpha value is -2.85. The molecule has 0 spiro atoms. The largest absolute Gasteiger partial charge is 0.324 e. The normalized spacial score (nSPS) is 14.5. The molecule has 1 fully saturated rings. The molecule has 0 unspecified atom stereocenters. The van der Waals surface area contributed by atoms with Crippen molar-refractivity contribution in [1.29, 1.82) is 0 Å². The predicted octanol–water partition coefficient (Wildman–Crippen LogP) is 1.76. The summed E-state index contributed by atoms with van der Waals surface area (Å²) < 4.78 is 39.5. The number of nitrogens with two attached hydrogens (primary N) is 1. The summed E-state index contributed by atoms with van der Waals surface area (Å²) >= 11 is 0. The van der Waals surface area contributed by atoms with E-state index >= 15 is 0 Å². The van der Waals surface area contributed by atoms with Gasteiger partial charge in [0.1, 0.15) is 11.6 Å². The molecule has 0 aromatic heterocycles. The van der Waals surface area contributed by atoms with Crippen LogP contribution in [-0.4, -0.2) is 45.6 Å². The number of hydrogen-bond donors (Lipinski definition) is 2. The van der Waals surface area contributed by atoms with E-state index in [0.29, 0.717) is 30.3 Å². The van der Waals surface area contributed by atoms with Crippen molar-refractivity contribution in [2.24, 2.45) is 5.84 Å². The summed E-state index contributed by atoms with van der Waals surface area (Å²) in [5.74, 6) is 4.04. The smallest absolute Gasteiger partial charge is 0.323 e. The van der Waals surface area contributed by atoms with Gasteiger partial charge in [0.2, 0.25) is 0 Å². The maximum atomic E-state index is 14.6. The van der Waals surface area contributed by atoms with Crippen molar-refractivity contribution in [1.82, 2.24) is 10.3 Å². The number of benzene rings is 2. The molecule has 2 aromatic rings. The number of carbonyl (C=O) groups is 2. The van der Waals surface area contributed by atoms with E-state index in [1.54, 1.807) is 4.90 Å². The second-order valence-corrected chi connectivity index (χ2v) is 8.16. The quantitative estimate of drug-likeness (QED) is 0.446. The van der Waals surface area contributed by atoms with Gasteiger partial charge in [-0.05, 0) is 36.4 Å². The maximum absolute atomic E-state index is 14.6. The van der Waals surface area contributed by atoms with Crippen LogP contribution >= 0.6 is 0 Å². The predicted molar refractivity (Wildman–Crippen MR) is 105 cm³/mol. The van der Waals surface area contributed by atoms with Gasteiger partial charge in [0.05, 0.1) is 6.54 Å². The lowest BCUT2D eigenvalue weighted by Crippen LogP contribution is -2.48. The van der Waals surface area contributed by atoms with Gasteiger partial charge in [-0.25, -0.2) is 19.4 Å². The fraction of sp³-hybridized carbons (Fsp3) is 0.263. The number of nitrogens with zero attached hydrogens (tertiary/aromatic N) is 2. The molecule has 0 atom stereocenters. The summed E-state index contributed by atoms with van der Waals surface area (Å²) in [6.45, 7) is 0.517. The molecular weight excluding hydrogens is 402 g/mol. The van der Waals surface area contributed by atoms with Crippen LogP contribution < -0.4 is 16.2 Å². The number of urea groups is 1. The average molecular weight is 422 g/mol. The monoisotopic (exact) mass is 422 g/mol. The van der Waals surface area contributed by atoms with Gasteiger partial charge in [-0.2, -0.15) is 0 Å². The van der Waals surface area contributed by atoms with E-state index in [1.165, 1.54) is 41.3 Å². The number of rotatable bonds is 4. The van der Waals surface area contributed by atoms with Gasteiger partial charge in [-0.3, -0.25) is 19.3 Å². The van der Waals surface area contributed by atoms with Crippen molar-refractivity contribution < 1.29 is 22.6 Å². The van der Waals surface area contributed by atoms with Crippen molar-refractivity contribution in [3.8, 4) is 0 Å². The fourth-order valence-electron chi connectivity index (χ4n) is 2.96. The first-order valence-electron chi connectivity index (χ1n) is 8.85. The van der Waals surface area contributed by atoms with Gasteiger partial charge in [0.25, 0.3) is 5.91 Å². The van der Waals surface area contributed by atoms with E-state index in [0.717, 1.165) is 6.07 Å². The molecule has 7 nitrogen and oxygen atoms in total. The van der Waals surface area contributed by atoms with Crippen molar-refractivity contribution in [2.75, 3.05) is 29.5 Å². The first kappa shape index (κ1) is 20.9. The third-order valence-corrected chi connectivity index (χ3v) is 5.87. The number of nitrogen functional groups attached to an aromatic ring is 1. The van der Waals surface area contributed by atoms with Gasteiger partial charge in [-0.15, -0.1) is 0 Å². The summed E-state index contributed by atoms with van der Waals surface area (Å²) in [6.07, 6.45) is 0. The Morgan fingerprint density at radius 3 is 2.34 bits per heavy atom. The highest BCUT2D eigenvalue weighted by Crippen LogP contribution is 2.22. The highest BCUT2D eigenvalue weighted by molar-refractivity contribution is 7.85. The van der Waals surface area contributed by atoms with Gasteiger partial charge in [0, 0.05) is 52.2 Å². The number of carbonyl (C=O) groups excluding carboxylic acids is 2. The van der Waals surface area contributed by atoms with E-state index in [9.17, 15) is 22.6 Å². The van der Waals surface area contributed by atoms with Gasteiger partial charge in [-0.1, -0.05) is 6.07 Å². The molecule has 3 N–H and O–H groups in total. The van der Waals surface area contributed by atoms with Crippen LogP contribution in [0.1, 0.15) is 15.9 Å². The van der Waals surface area contributed by atoms with E-state index in [-0.39, 0.29) is 17.7 Å². The zero-order valence-electron chi connectivity index (χ0n) is 15.4. The minimum Gasteiger partial charge on any atom is -0.323 e. The third kappa shape index (κ3) is 4.96. The zero-order valence-corrected chi connectivity index (χ0v) is 16.3. The molecule has 0 radical (unpaired) electrons. The molecule has 1 aliphatic rings. The van der Waals surface area contributed by atoms with Crippen molar-refractivity contribution >= 4 is 28.4 Å². The minimum atomic E-state index is -0.958. The molecular formula is C19H20F2N4O3S. The van der Waals surface area contributed by atoms with Gasteiger partial charge < -0.3 is 4.90 Å². The van der Waals surface area contributed by atoms with Crippen LogP contribution in [-0.2, 0) is 17.3 Å². The Balaban J connectivity index is 1.89. The van der Waals surface area contributed by atoms with Crippen LogP contribution in [0.2, 0.25) is 0 Å². The van der Waals surface area contributed by atoms with E-state index in [4.69, 9.17) is 5.84 Å². The standard InChI is InChI=1S/C19H20F2N4O3S/c20-15-3-5-16(6-4-15)25(19(27)24-7-9-29(28)10-8-24)12-14-2-1-13(11-17(14)21)18(26)23-22/h1-6,11H,7-10,12,22H2,(H,23,26). The lowest BCUT2D eigenvalue weighted by Gasteiger charge is -2.33. The zero-order chi connectivity index (χ0) is 21.0. The maximum Gasteiger partial charge on any atom is 0.324 e. The van der Waals surface area contributed by atoms with Crippen LogP contribution in [0.25, 0.3) is 0 Å². The number of hydrogen-bond acceptors (Lipinski definition) is 4. The summed E-state index contributed by atoms with van der Waals surface area (Å²) in [5, 5.41) is 0. The van der Waals surface area contributed by atoms with Crippen LogP contribution in [0.5, 0.6) is 0 Å². The first-order valence-corrected chi connectivity index (χ1v) is 10.3. The van der Waals surface area contributed by atoms with Crippen LogP contribution in [0, 0.1) is 11.6 Å². The SMILES string of the molecule is NNC(=O)c1ccc(CN(C(=O)N2CCS(=O)CC2)c2ccc(F)cc2)c(F)c1. The molecule has 1 heterocycles. The fourth-order valence-corrected chi connectivity index (χ4v) is 4.01. The molecule has 3 amide bonds. The Kier molecular flexibility index (Phi) is 6.55. The number of halogens is 2. The molecule has 1 aliphatic heterocycles. The average Bonchev–Trinajstić information content (AvgIpc) is 2.73. The molecule has 1 saturated heterocycles. The van der Waals surface area contributed by atoms with Gasteiger partial charge >= 0.3 is 6.03 Å². The molecule has 154 valence electrons. The second-order valence-electron chi connectivity index (χ2n) is 6.46. The third-order valence-electron chi connectivity index (χ3n) is 4.59. The minimum absolute atomic E-state index is 0.0481. The molecule has 10 heteroatoms. The van der Waals surface area contributed by atoms with E-state index < -0.39 is 34.4 Å². The number of nitrogens with one attached hydrogen (secondary N) is 1. The second kappa shape index (κ2) is 9.10. The molecule has 0 bridgehead atoms. The number of anilines is 1. The lowest BCUT2D eigenvalue weighted by molar-refractivity contribution is 0.0953. The molecule has 0 saturated carbocycles. The van der Waals surface area contributed by atoms with Crippen LogP contribution in [0.3, 0.4) is 0 Å². The highest BCUT2D eigenvalue weighted by atomic mass is 32.2. The van der Waals surface area contributed by atoms with Crippen LogP contribution in [0.4, 0.5) is 19.3 Å². The van der Waals surface area contributed by atoms with Gasteiger partial charge in [0.15, 0.2) is 0 Å². The Bertz CT molecular complexity index is 930. The van der Waals surface area contributed by atoms with Crippen LogP contribution in [0.15, 0.2) is 42.5 Å². The Morgan fingerprint density at radius 1 is 1.10 bits per heavy atom. The molecule has 2 aromatic carbocycles. The highest BCUT2D eigenvalue weighted by Gasteiger charge is 2.27. The van der Waals surface area contributed by atoms with Crippen molar-refractivity contribution in [3.05, 3.63) is 65.2 Å². The topological polar surface area (TPSA) is 95.7 Å². The Morgan fingerprint density at radius 2 is 1.76 bits per heavy atom. The summed E-state index contributed by atoms with van der Waals surface area (Å²) in [6, 6.07) is 8.74. The number of hydrazine groups is 1.